The summed E-state index contributed by atoms with van der Waals surface area (Å²) in [6.45, 7) is 8.81. The topological polar surface area (TPSA) is 104 Å². The number of ketones is 1. The van der Waals surface area contributed by atoms with E-state index in [0.29, 0.717) is 42.4 Å². The second kappa shape index (κ2) is 9.05. The summed E-state index contributed by atoms with van der Waals surface area (Å²) in [5.74, 6) is -1.10. The normalized spacial score (nSPS) is 18.0. The molecule has 0 unspecified atom stereocenters. The van der Waals surface area contributed by atoms with Gasteiger partial charge in [0.2, 0.25) is 0 Å². The second-order valence-corrected chi connectivity index (χ2v) is 8.78. The SMILES string of the molecule is Cc1n[nH]c(C)c1C(O)=C1C(=O)C(=O)N(CCCn2ccnc2)[C@H]1c1ccc(C(C)C)cc1. The average Bonchev–Trinajstić information content (AvgIpc) is 3.49. The van der Waals surface area contributed by atoms with Crippen LogP contribution >= 0.6 is 0 Å². The summed E-state index contributed by atoms with van der Waals surface area (Å²) in [6.07, 6.45) is 5.94. The maximum absolute atomic E-state index is 13.2. The van der Waals surface area contributed by atoms with Crippen molar-refractivity contribution in [1.82, 2.24) is 24.6 Å². The molecule has 2 N–H and O–H groups in total. The number of aliphatic hydroxyl groups is 1. The molecule has 8 heteroatoms. The van der Waals surface area contributed by atoms with Crippen molar-refractivity contribution < 1.29 is 14.7 Å². The van der Waals surface area contributed by atoms with E-state index in [-0.39, 0.29) is 11.3 Å². The molecule has 4 rings (SSSR count). The average molecular weight is 448 g/mol. The van der Waals surface area contributed by atoms with E-state index in [0.717, 1.165) is 11.1 Å². The third-order valence-corrected chi connectivity index (χ3v) is 6.20. The van der Waals surface area contributed by atoms with Crippen LogP contribution in [-0.4, -0.2) is 48.0 Å². The third-order valence-electron chi connectivity index (χ3n) is 6.20. The van der Waals surface area contributed by atoms with Crippen LogP contribution in [0.5, 0.6) is 0 Å². The number of amides is 1. The number of nitrogens with one attached hydrogen (secondary N) is 1. The minimum atomic E-state index is -0.673. The number of H-pyrrole nitrogens is 1. The molecule has 3 aromatic rings. The first-order chi connectivity index (χ1) is 15.8. The lowest BCUT2D eigenvalue weighted by molar-refractivity contribution is -0.139. The highest BCUT2D eigenvalue weighted by molar-refractivity contribution is 6.46. The van der Waals surface area contributed by atoms with Gasteiger partial charge >= 0.3 is 0 Å². The minimum absolute atomic E-state index is 0.104. The Morgan fingerprint density at radius 1 is 1.15 bits per heavy atom. The highest BCUT2D eigenvalue weighted by atomic mass is 16.3. The van der Waals surface area contributed by atoms with Gasteiger partial charge in [-0.05, 0) is 37.3 Å². The van der Waals surface area contributed by atoms with E-state index >= 15 is 0 Å². The molecule has 3 heterocycles. The lowest BCUT2D eigenvalue weighted by Crippen LogP contribution is -2.31. The van der Waals surface area contributed by atoms with Gasteiger partial charge in [-0.3, -0.25) is 14.7 Å². The summed E-state index contributed by atoms with van der Waals surface area (Å²) in [5, 5.41) is 18.2. The quantitative estimate of drug-likeness (QED) is 0.325. The fourth-order valence-electron chi connectivity index (χ4n) is 4.40. The summed E-state index contributed by atoms with van der Waals surface area (Å²) in [6, 6.07) is 7.25. The minimum Gasteiger partial charge on any atom is -0.507 e. The molecule has 2 aromatic heterocycles. The molecule has 1 fully saturated rings. The van der Waals surface area contributed by atoms with Gasteiger partial charge in [0.15, 0.2) is 0 Å². The van der Waals surface area contributed by atoms with Crippen molar-refractivity contribution in [3.63, 3.8) is 0 Å². The number of carbonyl (C=O) groups excluding carboxylic acids is 2. The molecule has 1 aliphatic rings. The van der Waals surface area contributed by atoms with Gasteiger partial charge in [-0.25, -0.2) is 4.98 Å². The Labute approximate surface area is 193 Å². The van der Waals surface area contributed by atoms with Crippen molar-refractivity contribution >= 4 is 17.4 Å². The number of benzene rings is 1. The fourth-order valence-corrected chi connectivity index (χ4v) is 4.40. The number of aromatic nitrogens is 4. The monoisotopic (exact) mass is 447 g/mol. The van der Waals surface area contributed by atoms with Crippen LogP contribution in [0.1, 0.15) is 60.3 Å². The van der Waals surface area contributed by atoms with Crippen LogP contribution in [-0.2, 0) is 16.1 Å². The van der Waals surface area contributed by atoms with Crippen LogP contribution in [0.3, 0.4) is 0 Å². The highest BCUT2D eigenvalue weighted by Gasteiger charge is 2.46. The number of nitrogens with zero attached hydrogens (tertiary/aromatic N) is 4. The van der Waals surface area contributed by atoms with Gasteiger partial charge in [-0.2, -0.15) is 5.10 Å². The van der Waals surface area contributed by atoms with Crippen LogP contribution in [0.15, 0.2) is 48.6 Å². The number of rotatable bonds is 7. The number of imidazole rings is 1. The fraction of sp³-hybridized carbons (Fsp3) is 0.360. The van der Waals surface area contributed by atoms with Gasteiger partial charge in [0, 0.05) is 31.2 Å². The number of carbonyl (C=O) groups is 2. The summed E-state index contributed by atoms with van der Waals surface area (Å²) in [7, 11) is 0. The van der Waals surface area contributed by atoms with Gasteiger partial charge in [0.1, 0.15) is 5.76 Å². The smallest absolute Gasteiger partial charge is 0.295 e. The zero-order valence-electron chi connectivity index (χ0n) is 19.4. The first kappa shape index (κ1) is 22.5. The Morgan fingerprint density at radius 3 is 2.45 bits per heavy atom. The van der Waals surface area contributed by atoms with E-state index in [1.165, 1.54) is 0 Å². The Balaban J connectivity index is 1.76. The summed E-state index contributed by atoms with van der Waals surface area (Å²) >= 11 is 0. The molecule has 1 aliphatic heterocycles. The Hall–Kier alpha value is -3.68. The lowest BCUT2D eigenvalue weighted by atomic mass is 9.93. The second-order valence-electron chi connectivity index (χ2n) is 8.78. The molecule has 33 heavy (non-hydrogen) atoms. The maximum atomic E-state index is 13.2. The van der Waals surface area contributed by atoms with Crippen LogP contribution in [0, 0.1) is 13.8 Å². The van der Waals surface area contributed by atoms with Crippen LogP contribution in [0.25, 0.3) is 5.76 Å². The van der Waals surface area contributed by atoms with Crippen LogP contribution in [0.2, 0.25) is 0 Å². The Bertz CT molecular complexity index is 1170. The summed E-state index contributed by atoms with van der Waals surface area (Å²) in [5.41, 5.74) is 3.75. The standard InChI is InChI=1S/C25H29N5O3/c1-15(2)18-6-8-19(9-7-18)22-21(23(31)20-16(3)27-28-17(20)4)24(32)25(33)30(22)12-5-11-29-13-10-26-14-29/h6-10,13-15,22,31H,5,11-12H2,1-4H3,(H,27,28)/t22-/m0/s1. The van der Waals surface area contributed by atoms with Crippen molar-refractivity contribution in [2.45, 2.75) is 52.6 Å². The van der Waals surface area contributed by atoms with Crippen LogP contribution < -0.4 is 0 Å². The van der Waals surface area contributed by atoms with Gasteiger partial charge in [-0.1, -0.05) is 38.1 Å². The van der Waals surface area contributed by atoms with Crippen molar-refractivity contribution in [2.75, 3.05) is 6.54 Å². The molecule has 0 bridgehead atoms. The predicted molar refractivity (Wildman–Crippen MR) is 124 cm³/mol. The molecule has 8 nitrogen and oxygen atoms in total. The third kappa shape index (κ3) is 4.20. The predicted octanol–water partition coefficient (Wildman–Crippen LogP) is 3.86. The molecule has 1 atom stereocenters. The molecule has 1 amide bonds. The molecular weight excluding hydrogens is 418 g/mol. The molecule has 172 valence electrons. The molecule has 0 spiro atoms. The van der Waals surface area contributed by atoms with Crippen molar-refractivity contribution in [3.05, 3.63) is 76.6 Å². The number of hydrogen-bond donors (Lipinski definition) is 2. The Morgan fingerprint density at radius 2 is 1.88 bits per heavy atom. The summed E-state index contributed by atoms with van der Waals surface area (Å²) in [4.78, 5) is 31.9. The largest absolute Gasteiger partial charge is 0.507 e. The molecule has 1 aromatic carbocycles. The molecule has 1 saturated heterocycles. The van der Waals surface area contributed by atoms with Gasteiger partial charge in [0.05, 0.1) is 29.2 Å². The number of Topliss-reactive ketones (excluding diaryl/α,β-unsaturated/α-hetero) is 1. The molecule has 0 aliphatic carbocycles. The zero-order valence-corrected chi connectivity index (χ0v) is 19.4. The van der Waals surface area contributed by atoms with Crippen molar-refractivity contribution in [3.8, 4) is 0 Å². The van der Waals surface area contributed by atoms with Gasteiger partial charge < -0.3 is 14.6 Å². The van der Waals surface area contributed by atoms with Crippen molar-refractivity contribution in [1.29, 1.82) is 0 Å². The lowest BCUT2D eigenvalue weighted by Gasteiger charge is -2.25. The summed E-state index contributed by atoms with van der Waals surface area (Å²) < 4.78 is 1.93. The van der Waals surface area contributed by atoms with E-state index in [2.05, 4.69) is 29.0 Å². The zero-order chi connectivity index (χ0) is 23.7. The van der Waals surface area contributed by atoms with Gasteiger partial charge in [-0.15, -0.1) is 0 Å². The molecule has 0 radical (unpaired) electrons. The number of aryl methyl sites for hydroxylation is 3. The van der Waals surface area contributed by atoms with Gasteiger partial charge in [0.25, 0.3) is 11.7 Å². The number of aromatic amines is 1. The van der Waals surface area contributed by atoms with Crippen LogP contribution in [0.4, 0.5) is 0 Å². The van der Waals surface area contributed by atoms with E-state index in [1.54, 1.807) is 31.3 Å². The Kier molecular flexibility index (Phi) is 6.18. The number of aliphatic hydroxyl groups excluding tert-OH is 1. The molecular formula is C25H29N5O3. The first-order valence-corrected chi connectivity index (χ1v) is 11.2. The first-order valence-electron chi connectivity index (χ1n) is 11.2. The van der Waals surface area contributed by atoms with E-state index in [4.69, 9.17) is 0 Å². The van der Waals surface area contributed by atoms with E-state index in [9.17, 15) is 14.7 Å². The molecule has 0 saturated carbocycles. The van der Waals surface area contributed by atoms with E-state index < -0.39 is 17.7 Å². The number of hydrogen-bond acceptors (Lipinski definition) is 5. The van der Waals surface area contributed by atoms with E-state index in [1.807, 2.05) is 35.0 Å². The maximum Gasteiger partial charge on any atom is 0.295 e. The van der Waals surface area contributed by atoms with Crippen molar-refractivity contribution in [2.24, 2.45) is 0 Å². The highest BCUT2D eigenvalue weighted by Crippen LogP contribution is 2.40. The number of likely N-dealkylation sites (tertiary alicyclic amines) is 1.